The molecule has 1 aromatic carbocycles. The molecule has 0 aliphatic heterocycles. The molecule has 0 bridgehead atoms. The number of fused-ring (bicyclic) bond motifs is 1. The molecule has 0 amide bonds. The lowest BCUT2D eigenvalue weighted by molar-refractivity contribution is 0.380. The highest BCUT2D eigenvalue weighted by atomic mass is 35.5. The molecule has 62 valence electrons. The first-order valence-electron chi connectivity index (χ1n) is 3.52. The van der Waals surface area contributed by atoms with E-state index in [1.54, 1.807) is 12.1 Å². The molecule has 1 nitrogen and oxygen atoms in total. The van der Waals surface area contributed by atoms with Crippen molar-refractivity contribution in [2.24, 2.45) is 0 Å². The van der Waals surface area contributed by atoms with Gasteiger partial charge in [-0.05, 0) is 18.6 Å². The van der Waals surface area contributed by atoms with Crippen LogP contribution in [-0.4, -0.2) is 0 Å². The summed E-state index contributed by atoms with van der Waals surface area (Å²) in [7, 11) is 0. The van der Waals surface area contributed by atoms with Crippen LogP contribution in [0.4, 0.5) is 4.39 Å². The molecule has 1 heterocycles. The van der Waals surface area contributed by atoms with Crippen LogP contribution in [0.25, 0.3) is 11.0 Å². The monoisotopic (exact) mass is 184 g/mol. The van der Waals surface area contributed by atoms with Crippen molar-refractivity contribution in [3.8, 4) is 0 Å². The Morgan fingerprint density at radius 3 is 2.83 bits per heavy atom. The maximum absolute atomic E-state index is 12.7. The van der Waals surface area contributed by atoms with Crippen LogP contribution in [0.15, 0.2) is 22.6 Å². The zero-order valence-corrected chi connectivity index (χ0v) is 7.15. The first-order chi connectivity index (χ1) is 5.68. The van der Waals surface area contributed by atoms with Gasteiger partial charge < -0.3 is 4.42 Å². The van der Waals surface area contributed by atoms with Crippen LogP contribution in [0, 0.1) is 12.9 Å². The number of benzene rings is 1. The Morgan fingerprint density at radius 1 is 1.42 bits per heavy atom. The van der Waals surface area contributed by atoms with Gasteiger partial charge in [-0.1, -0.05) is 17.7 Å². The van der Waals surface area contributed by atoms with E-state index in [0.29, 0.717) is 16.0 Å². The van der Waals surface area contributed by atoms with Crippen LogP contribution < -0.4 is 0 Å². The molecule has 0 fully saturated rings. The van der Waals surface area contributed by atoms with Gasteiger partial charge in [0.15, 0.2) is 0 Å². The molecule has 3 heteroatoms. The van der Waals surface area contributed by atoms with Crippen LogP contribution >= 0.6 is 11.6 Å². The number of hydrogen-bond acceptors (Lipinski definition) is 1. The van der Waals surface area contributed by atoms with Crippen LogP contribution in [0.2, 0.25) is 5.02 Å². The number of halogens is 2. The van der Waals surface area contributed by atoms with E-state index >= 15 is 0 Å². The molecule has 0 N–H and O–H groups in total. The van der Waals surface area contributed by atoms with Gasteiger partial charge in [-0.3, -0.25) is 0 Å². The second kappa shape index (κ2) is 2.49. The number of furan rings is 1. The van der Waals surface area contributed by atoms with Crippen LogP contribution in [-0.2, 0) is 0 Å². The highest BCUT2D eigenvalue weighted by Gasteiger charge is 2.08. The van der Waals surface area contributed by atoms with Crippen LogP contribution in [0.5, 0.6) is 0 Å². The van der Waals surface area contributed by atoms with E-state index in [-0.39, 0.29) is 0 Å². The molecule has 1 aromatic heterocycles. The van der Waals surface area contributed by atoms with E-state index < -0.39 is 6.01 Å². The Morgan fingerprint density at radius 2 is 2.17 bits per heavy atom. The van der Waals surface area contributed by atoms with Crippen LogP contribution in [0.1, 0.15) is 5.56 Å². The molecule has 12 heavy (non-hydrogen) atoms. The molecule has 0 spiro atoms. The first kappa shape index (κ1) is 7.62. The molecule has 0 saturated heterocycles. The van der Waals surface area contributed by atoms with Gasteiger partial charge in [0.05, 0.1) is 5.02 Å². The summed E-state index contributed by atoms with van der Waals surface area (Å²) >= 11 is 5.82. The van der Waals surface area contributed by atoms with Crippen molar-refractivity contribution in [3.63, 3.8) is 0 Å². The van der Waals surface area contributed by atoms with Gasteiger partial charge in [-0.25, -0.2) is 0 Å². The van der Waals surface area contributed by atoms with Crippen molar-refractivity contribution in [2.45, 2.75) is 6.92 Å². The third-order valence-corrected chi connectivity index (χ3v) is 2.13. The average Bonchev–Trinajstić information content (AvgIpc) is 2.41. The standard InChI is InChI=1S/C9H6ClFO/c1-5-2-3-7(10)6-4-8(11)12-9(5)6/h2-4H,1H3. The highest BCUT2D eigenvalue weighted by molar-refractivity contribution is 6.35. The van der Waals surface area contributed by atoms with Crippen molar-refractivity contribution >= 4 is 22.6 Å². The van der Waals surface area contributed by atoms with Crippen molar-refractivity contribution in [1.82, 2.24) is 0 Å². The lowest BCUT2D eigenvalue weighted by atomic mass is 10.2. The molecule has 0 atom stereocenters. The SMILES string of the molecule is Cc1ccc(Cl)c2cc(F)oc12. The minimum Gasteiger partial charge on any atom is -0.431 e. The topological polar surface area (TPSA) is 13.1 Å². The van der Waals surface area contributed by atoms with Crippen LogP contribution in [0.3, 0.4) is 0 Å². The van der Waals surface area contributed by atoms with Crippen molar-refractivity contribution < 1.29 is 8.81 Å². The second-order valence-corrected chi connectivity index (χ2v) is 3.06. The lowest BCUT2D eigenvalue weighted by Gasteiger charge is -1.94. The van der Waals surface area contributed by atoms with Crippen molar-refractivity contribution in [2.75, 3.05) is 0 Å². The molecule has 0 aliphatic rings. The van der Waals surface area contributed by atoms with E-state index in [1.807, 2.05) is 6.92 Å². The Labute approximate surface area is 73.7 Å². The third kappa shape index (κ3) is 0.994. The third-order valence-electron chi connectivity index (χ3n) is 1.80. The highest BCUT2D eigenvalue weighted by Crippen LogP contribution is 2.28. The Hall–Kier alpha value is -1.02. The molecular weight excluding hydrogens is 179 g/mol. The molecule has 0 saturated carbocycles. The number of hydrogen-bond donors (Lipinski definition) is 0. The zero-order chi connectivity index (χ0) is 8.72. The Kier molecular flexibility index (Phi) is 1.58. The fraction of sp³-hybridized carbons (Fsp3) is 0.111. The van der Waals surface area contributed by atoms with Crippen molar-refractivity contribution in [3.05, 3.63) is 34.8 Å². The summed E-state index contributed by atoms with van der Waals surface area (Å²) in [5, 5.41) is 1.15. The van der Waals surface area contributed by atoms with Gasteiger partial charge >= 0.3 is 0 Å². The molecule has 0 radical (unpaired) electrons. The predicted octanol–water partition coefficient (Wildman–Crippen LogP) is 3.53. The molecule has 2 aromatic rings. The fourth-order valence-electron chi connectivity index (χ4n) is 1.19. The lowest BCUT2D eigenvalue weighted by Crippen LogP contribution is -1.72. The minimum atomic E-state index is -0.596. The summed E-state index contributed by atoms with van der Waals surface area (Å²) in [5.74, 6) is 0. The maximum Gasteiger partial charge on any atom is 0.278 e. The number of aryl methyl sites for hydroxylation is 1. The molecule has 2 rings (SSSR count). The van der Waals surface area contributed by atoms with E-state index in [4.69, 9.17) is 16.0 Å². The van der Waals surface area contributed by atoms with E-state index in [9.17, 15) is 4.39 Å². The Balaban J connectivity index is 2.93. The maximum atomic E-state index is 12.7. The van der Waals surface area contributed by atoms with Gasteiger partial charge in [0.25, 0.3) is 6.01 Å². The predicted molar refractivity (Wildman–Crippen MR) is 45.9 cm³/mol. The average molecular weight is 185 g/mol. The summed E-state index contributed by atoms with van der Waals surface area (Å²) in [6.45, 7) is 1.85. The summed E-state index contributed by atoms with van der Waals surface area (Å²) in [4.78, 5) is 0. The van der Waals surface area contributed by atoms with E-state index in [1.165, 1.54) is 6.07 Å². The normalized spacial score (nSPS) is 10.9. The minimum absolute atomic E-state index is 0.517. The largest absolute Gasteiger partial charge is 0.431 e. The van der Waals surface area contributed by atoms with Gasteiger partial charge in [-0.2, -0.15) is 4.39 Å². The van der Waals surface area contributed by atoms with Gasteiger partial charge in [-0.15, -0.1) is 0 Å². The van der Waals surface area contributed by atoms with Gasteiger partial charge in [0.2, 0.25) is 0 Å². The van der Waals surface area contributed by atoms with E-state index in [2.05, 4.69) is 0 Å². The molecule has 0 aliphatic carbocycles. The summed E-state index contributed by atoms with van der Waals surface area (Å²) < 4.78 is 17.5. The van der Waals surface area contributed by atoms with Gasteiger partial charge in [0.1, 0.15) is 5.58 Å². The fourth-order valence-corrected chi connectivity index (χ4v) is 1.40. The summed E-state index contributed by atoms with van der Waals surface area (Å²) in [6.07, 6.45) is 0. The molecular formula is C9H6ClFO. The summed E-state index contributed by atoms with van der Waals surface area (Å²) in [6, 6.07) is 4.23. The van der Waals surface area contributed by atoms with Gasteiger partial charge in [0, 0.05) is 11.5 Å². The first-order valence-corrected chi connectivity index (χ1v) is 3.90. The number of rotatable bonds is 0. The Bertz CT molecular complexity index is 394. The smallest absolute Gasteiger partial charge is 0.278 e. The molecule has 0 unspecified atom stereocenters. The van der Waals surface area contributed by atoms with E-state index in [0.717, 1.165) is 5.56 Å². The zero-order valence-electron chi connectivity index (χ0n) is 6.40. The second-order valence-electron chi connectivity index (χ2n) is 2.66. The summed E-state index contributed by atoms with van der Waals surface area (Å²) in [5.41, 5.74) is 1.42. The quantitative estimate of drug-likeness (QED) is 0.611. The van der Waals surface area contributed by atoms with Crippen molar-refractivity contribution in [1.29, 1.82) is 0 Å².